The summed E-state index contributed by atoms with van der Waals surface area (Å²) >= 11 is 6.74. The highest BCUT2D eigenvalue weighted by atomic mass is 35.5. The number of nitrogens with one attached hydrogen (secondary N) is 2. The van der Waals surface area contributed by atoms with Crippen LogP contribution in [0.5, 0.6) is 11.5 Å². The van der Waals surface area contributed by atoms with Crippen molar-refractivity contribution in [3.8, 4) is 11.5 Å². The lowest BCUT2D eigenvalue weighted by atomic mass is 10.2. The van der Waals surface area contributed by atoms with Crippen LogP contribution >= 0.6 is 11.6 Å². The highest BCUT2D eigenvalue weighted by Crippen LogP contribution is 2.40. The lowest BCUT2D eigenvalue weighted by molar-refractivity contribution is -0.111. The molecule has 0 atom stereocenters. The molecule has 4 rings (SSSR count). The van der Waals surface area contributed by atoms with E-state index in [-0.39, 0.29) is 11.9 Å². The van der Waals surface area contributed by atoms with Gasteiger partial charge in [-0.2, -0.15) is 4.98 Å². The summed E-state index contributed by atoms with van der Waals surface area (Å²) < 4.78 is 17.0. The molecule has 0 saturated carbocycles. The number of carbonyl (C=O) groups is 1. The maximum atomic E-state index is 12.4. The summed E-state index contributed by atoms with van der Waals surface area (Å²) in [4.78, 5) is 25.8. The molecule has 3 aromatic rings. The summed E-state index contributed by atoms with van der Waals surface area (Å²) in [5, 5.41) is 10.6. The molecule has 1 fully saturated rings. The molecular weight excluding hydrogens is 572 g/mol. The minimum atomic E-state index is -0.332. The summed E-state index contributed by atoms with van der Waals surface area (Å²) in [6.07, 6.45) is 2.78. The first-order chi connectivity index (χ1) is 20.7. The number of aromatic nitrogens is 2. The molecule has 0 aliphatic carbocycles. The molecule has 0 radical (unpaired) electrons. The minimum Gasteiger partial charge on any atom is -0.495 e. The zero-order valence-electron chi connectivity index (χ0n) is 25.3. The Hall–Kier alpha value is -4.10. The Morgan fingerprint density at radius 1 is 1.07 bits per heavy atom. The fraction of sp³-hybridized carbons (Fsp3) is 0.367. The van der Waals surface area contributed by atoms with Gasteiger partial charge in [0.05, 0.1) is 50.7 Å². The molecule has 230 valence electrons. The van der Waals surface area contributed by atoms with Crippen LogP contribution in [0.25, 0.3) is 0 Å². The van der Waals surface area contributed by atoms with Gasteiger partial charge in [0.25, 0.3) is 0 Å². The number of para-hydroxylation sites is 2. The lowest BCUT2D eigenvalue weighted by Gasteiger charge is -2.38. The summed E-state index contributed by atoms with van der Waals surface area (Å²) in [7, 11) is 9.19. The van der Waals surface area contributed by atoms with E-state index in [0.29, 0.717) is 60.0 Å². The van der Waals surface area contributed by atoms with Crippen LogP contribution in [0.2, 0.25) is 5.02 Å². The van der Waals surface area contributed by atoms with Crippen LogP contribution in [0.1, 0.15) is 0 Å². The number of anilines is 6. The molecule has 0 unspecified atom stereocenters. The second-order valence-corrected chi connectivity index (χ2v) is 10.4. The summed E-state index contributed by atoms with van der Waals surface area (Å²) in [5.41, 5.74) is 2.69. The van der Waals surface area contributed by atoms with Gasteiger partial charge >= 0.3 is 0 Å². The van der Waals surface area contributed by atoms with Crippen molar-refractivity contribution in [2.75, 3.05) is 95.3 Å². The Bertz CT molecular complexity index is 1420. The molecule has 13 heteroatoms. The first-order valence-corrected chi connectivity index (χ1v) is 14.2. The molecule has 2 heterocycles. The smallest absolute Gasteiger partial charge is 0.247 e. The zero-order chi connectivity index (χ0) is 30.9. The van der Waals surface area contributed by atoms with Crippen molar-refractivity contribution in [2.24, 2.45) is 0 Å². The van der Waals surface area contributed by atoms with Gasteiger partial charge in [-0.05, 0) is 38.4 Å². The SMILES string of the molecule is C=CC(=O)Nc1cc(Nc2ncc(Cl)c(N(c3ccccc3OC)N3CCOCC3)n2)c(OC)cc1N(C)CCN(C)C. The Labute approximate surface area is 257 Å². The van der Waals surface area contributed by atoms with E-state index in [0.717, 1.165) is 24.5 Å². The third-order valence-electron chi connectivity index (χ3n) is 6.81. The number of benzene rings is 2. The van der Waals surface area contributed by atoms with Crippen LogP contribution in [0.15, 0.2) is 55.3 Å². The van der Waals surface area contributed by atoms with Crippen LogP contribution in [-0.2, 0) is 9.53 Å². The quantitative estimate of drug-likeness (QED) is 0.269. The average Bonchev–Trinajstić information content (AvgIpc) is 3.02. The highest BCUT2D eigenvalue weighted by Gasteiger charge is 2.27. The van der Waals surface area contributed by atoms with Gasteiger partial charge in [-0.25, -0.2) is 9.99 Å². The third-order valence-corrected chi connectivity index (χ3v) is 7.08. The molecule has 1 saturated heterocycles. The van der Waals surface area contributed by atoms with Gasteiger partial charge in [-0.15, -0.1) is 0 Å². The number of methoxy groups -OCH3 is 2. The number of rotatable bonds is 13. The van der Waals surface area contributed by atoms with Gasteiger partial charge < -0.3 is 34.6 Å². The highest BCUT2D eigenvalue weighted by molar-refractivity contribution is 6.33. The second kappa shape index (κ2) is 14.9. The first-order valence-electron chi connectivity index (χ1n) is 13.8. The molecular formula is C30H39ClN8O4. The second-order valence-electron chi connectivity index (χ2n) is 10.0. The summed E-state index contributed by atoms with van der Waals surface area (Å²) in [5.74, 6) is 1.61. The fourth-order valence-corrected chi connectivity index (χ4v) is 4.72. The number of morpholine rings is 1. The number of hydrazine groups is 1. The minimum absolute atomic E-state index is 0.278. The molecule has 2 N–H and O–H groups in total. The van der Waals surface area contributed by atoms with E-state index < -0.39 is 0 Å². The van der Waals surface area contributed by atoms with Crippen molar-refractivity contribution in [1.29, 1.82) is 0 Å². The average molecular weight is 611 g/mol. The molecule has 12 nitrogen and oxygen atoms in total. The molecule has 1 aromatic heterocycles. The van der Waals surface area contributed by atoms with Crippen molar-refractivity contribution < 1.29 is 19.0 Å². The number of ether oxygens (including phenoxy) is 3. The van der Waals surface area contributed by atoms with Crippen molar-refractivity contribution >= 4 is 52.0 Å². The predicted molar refractivity (Wildman–Crippen MR) is 171 cm³/mol. The normalized spacial score (nSPS) is 13.4. The number of amides is 1. The maximum Gasteiger partial charge on any atom is 0.247 e. The van der Waals surface area contributed by atoms with Crippen molar-refractivity contribution in [2.45, 2.75) is 0 Å². The molecule has 1 amide bonds. The van der Waals surface area contributed by atoms with Crippen LogP contribution in [0.3, 0.4) is 0 Å². The first kappa shape index (κ1) is 31.8. The van der Waals surface area contributed by atoms with E-state index in [9.17, 15) is 4.79 Å². The number of halogens is 1. The van der Waals surface area contributed by atoms with Crippen LogP contribution in [0, 0.1) is 0 Å². The standard InChI is InChI=1S/C30H39ClN8O4/c1-7-28(40)33-22-18-23(27(42-6)19-25(22)37(4)13-12-36(2)3)34-30-32-20-21(31)29(35-30)39(38-14-16-43-17-15-38)24-10-8-9-11-26(24)41-5/h7-11,18-20H,1,12-17H2,2-6H3,(H,33,40)(H,32,34,35). The monoisotopic (exact) mass is 610 g/mol. The topological polar surface area (TPSA) is 108 Å². The zero-order valence-corrected chi connectivity index (χ0v) is 26.0. The number of carbonyl (C=O) groups excluding carboxylic acids is 1. The third kappa shape index (κ3) is 7.85. The van der Waals surface area contributed by atoms with Crippen molar-refractivity contribution in [3.05, 3.63) is 60.3 Å². The van der Waals surface area contributed by atoms with Gasteiger partial charge in [0.1, 0.15) is 22.2 Å². The number of hydrogen-bond donors (Lipinski definition) is 2. The summed E-state index contributed by atoms with van der Waals surface area (Å²) in [6.45, 7) is 7.52. The largest absolute Gasteiger partial charge is 0.495 e. The van der Waals surface area contributed by atoms with Crippen molar-refractivity contribution in [1.82, 2.24) is 19.9 Å². The van der Waals surface area contributed by atoms with Crippen LogP contribution in [-0.4, -0.2) is 101 Å². The van der Waals surface area contributed by atoms with Gasteiger partial charge in [0, 0.05) is 39.3 Å². The van der Waals surface area contributed by atoms with E-state index >= 15 is 0 Å². The van der Waals surface area contributed by atoms with E-state index in [1.807, 2.05) is 56.5 Å². The Balaban J connectivity index is 1.75. The Morgan fingerprint density at radius 2 is 1.79 bits per heavy atom. The number of hydrogen-bond acceptors (Lipinski definition) is 11. The van der Waals surface area contributed by atoms with E-state index in [1.54, 1.807) is 26.5 Å². The molecule has 43 heavy (non-hydrogen) atoms. The Kier molecular flexibility index (Phi) is 11.0. The van der Waals surface area contributed by atoms with Gasteiger partial charge in [-0.1, -0.05) is 30.3 Å². The molecule has 0 spiro atoms. The molecule has 1 aliphatic rings. The fourth-order valence-electron chi connectivity index (χ4n) is 4.55. The van der Waals surface area contributed by atoms with Crippen LogP contribution in [0.4, 0.5) is 34.5 Å². The maximum absolute atomic E-state index is 12.4. The van der Waals surface area contributed by atoms with Gasteiger partial charge in [0.15, 0.2) is 5.82 Å². The number of nitrogens with zero attached hydrogens (tertiary/aromatic N) is 6. The molecule has 1 aliphatic heterocycles. The van der Waals surface area contributed by atoms with E-state index in [4.69, 9.17) is 30.8 Å². The summed E-state index contributed by atoms with van der Waals surface area (Å²) in [6, 6.07) is 11.3. The predicted octanol–water partition coefficient (Wildman–Crippen LogP) is 4.40. The molecule has 2 aromatic carbocycles. The Morgan fingerprint density at radius 3 is 2.47 bits per heavy atom. The van der Waals surface area contributed by atoms with E-state index in [1.165, 1.54) is 6.08 Å². The van der Waals surface area contributed by atoms with Crippen LogP contribution < -0.4 is 30.0 Å². The van der Waals surface area contributed by atoms with Crippen molar-refractivity contribution in [3.63, 3.8) is 0 Å². The van der Waals surface area contributed by atoms with Gasteiger partial charge in [0.2, 0.25) is 11.9 Å². The van der Waals surface area contributed by atoms with E-state index in [2.05, 4.69) is 37.0 Å². The molecule has 0 bridgehead atoms. The lowest BCUT2D eigenvalue weighted by Crippen LogP contribution is -2.47. The number of likely N-dealkylation sites (N-methyl/N-ethyl adjacent to an activating group) is 2. The van der Waals surface area contributed by atoms with Gasteiger partial charge in [-0.3, -0.25) is 9.80 Å².